The number of aromatic nitrogens is 1. The van der Waals surface area contributed by atoms with Crippen LogP contribution in [-0.2, 0) is 21.5 Å². The summed E-state index contributed by atoms with van der Waals surface area (Å²) in [6.45, 7) is -0.464. The molecular weight excluding hydrogens is 367 g/mol. The predicted molar refractivity (Wildman–Crippen MR) is 90.6 cm³/mol. The molecule has 1 amide bonds. The number of ether oxygens (including phenoxy) is 1. The van der Waals surface area contributed by atoms with Gasteiger partial charge in [0.05, 0.1) is 13.3 Å². The second-order valence-electron chi connectivity index (χ2n) is 5.42. The summed E-state index contributed by atoms with van der Waals surface area (Å²) in [6.07, 6.45) is 1.51. The Morgan fingerprint density at radius 2 is 2.19 bits per heavy atom. The minimum absolute atomic E-state index is 0.133. The lowest BCUT2D eigenvalue weighted by Gasteiger charge is -2.18. The number of hydrogen-bond donors (Lipinski definition) is 3. The largest absolute Gasteiger partial charge is 0.506 e. The van der Waals surface area contributed by atoms with Crippen LogP contribution in [0, 0.1) is 5.82 Å². The summed E-state index contributed by atoms with van der Waals surface area (Å²) in [6, 6.07) is 5.65. The molecule has 2 heterocycles. The molecule has 1 aliphatic heterocycles. The maximum absolute atomic E-state index is 14.4. The van der Waals surface area contributed by atoms with Crippen LogP contribution < -0.4 is 19.1 Å². The molecule has 3 rings (SSSR count). The highest BCUT2D eigenvalue weighted by Crippen LogP contribution is 2.34. The summed E-state index contributed by atoms with van der Waals surface area (Å²) < 4.78 is 45.2. The highest BCUT2D eigenvalue weighted by atomic mass is 32.2. The van der Waals surface area contributed by atoms with Gasteiger partial charge in [0.25, 0.3) is 5.91 Å². The van der Waals surface area contributed by atoms with Gasteiger partial charge in [-0.15, -0.1) is 0 Å². The minimum atomic E-state index is -4.21. The molecule has 138 valence electrons. The number of rotatable bonds is 5. The molecular formula is C15H15FN4O5S. The van der Waals surface area contributed by atoms with Crippen LogP contribution in [0.4, 0.5) is 15.9 Å². The smallest absolute Gasteiger partial charge is 0.326 e. The highest BCUT2D eigenvalue weighted by molar-refractivity contribution is 7.92. The van der Waals surface area contributed by atoms with Crippen LogP contribution in [0.15, 0.2) is 30.5 Å². The molecule has 26 heavy (non-hydrogen) atoms. The van der Waals surface area contributed by atoms with Gasteiger partial charge >= 0.3 is 10.2 Å². The van der Waals surface area contributed by atoms with E-state index in [0.29, 0.717) is 21.4 Å². The third-order valence-corrected chi connectivity index (χ3v) is 5.00. The van der Waals surface area contributed by atoms with Crippen molar-refractivity contribution in [3.05, 3.63) is 41.8 Å². The number of carbonyl (C=O) groups excluding carboxylic acids is 1. The molecule has 1 fully saturated rings. The number of nitrogens with zero attached hydrogens (tertiary/aromatic N) is 2. The molecule has 0 aliphatic carbocycles. The Hall–Kier alpha value is -3.08. The van der Waals surface area contributed by atoms with Crippen molar-refractivity contribution in [2.24, 2.45) is 0 Å². The Morgan fingerprint density at radius 3 is 2.73 bits per heavy atom. The molecule has 2 aromatic rings. The quantitative estimate of drug-likeness (QED) is 0.697. The summed E-state index contributed by atoms with van der Waals surface area (Å²) in [5.74, 6) is -1.28. The number of nitrogens with one attached hydrogen (secondary N) is 2. The molecule has 0 spiro atoms. The molecule has 1 saturated heterocycles. The normalized spacial score (nSPS) is 15.6. The van der Waals surface area contributed by atoms with Gasteiger partial charge in [-0.3, -0.25) is 4.79 Å². The minimum Gasteiger partial charge on any atom is -0.506 e. The molecule has 9 nitrogen and oxygen atoms in total. The zero-order valence-electron chi connectivity index (χ0n) is 13.6. The zero-order chi connectivity index (χ0) is 18.9. The predicted octanol–water partition coefficient (Wildman–Crippen LogP) is 0.728. The fourth-order valence-corrected chi connectivity index (χ4v) is 3.60. The maximum atomic E-state index is 14.4. The fourth-order valence-electron chi connectivity index (χ4n) is 2.43. The Kier molecular flexibility index (Phi) is 4.55. The van der Waals surface area contributed by atoms with E-state index < -0.39 is 39.9 Å². The maximum Gasteiger partial charge on any atom is 0.326 e. The van der Waals surface area contributed by atoms with Gasteiger partial charge in [0.2, 0.25) is 0 Å². The number of carbonyl (C=O) groups is 1. The molecule has 0 unspecified atom stereocenters. The third-order valence-electron chi connectivity index (χ3n) is 3.62. The summed E-state index contributed by atoms with van der Waals surface area (Å²) in [5.41, 5.74) is -0.216. The van der Waals surface area contributed by atoms with Gasteiger partial charge < -0.3 is 15.2 Å². The number of hydrogen-bond acceptors (Lipinski definition) is 7. The van der Waals surface area contributed by atoms with Crippen molar-refractivity contribution in [1.29, 1.82) is 0 Å². The van der Waals surface area contributed by atoms with E-state index in [4.69, 9.17) is 4.74 Å². The first kappa shape index (κ1) is 17.7. The van der Waals surface area contributed by atoms with E-state index in [1.165, 1.54) is 19.4 Å². The van der Waals surface area contributed by atoms with Gasteiger partial charge in [-0.25, -0.2) is 18.4 Å². The molecule has 3 N–H and O–H groups in total. The second-order valence-corrected chi connectivity index (χ2v) is 7.01. The van der Waals surface area contributed by atoms with E-state index in [1.807, 2.05) is 0 Å². The average Bonchev–Trinajstić information content (AvgIpc) is 2.85. The van der Waals surface area contributed by atoms with E-state index >= 15 is 0 Å². The number of halogens is 1. The van der Waals surface area contributed by atoms with Gasteiger partial charge in [0.1, 0.15) is 29.5 Å². The molecule has 0 saturated carbocycles. The first-order valence-corrected chi connectivity index (χ1v) is 8.83. The summed E-state index contributed by atoms with van der Waals surface area (Å²) >= 11 is 0. The van der Waals surface area contributed by atoms with Crippen molar-refractivity contribution in [3.63, 3.8) is 0 Å². The monoisotopic (exact) mass is 382 g/mol. The Morgan fingerprint density at radius 1 is 1.42 bits per heavy atom. The molecule has 11 heteroatoms. The van der Waals surface area contributed by atoms with Crippen LogP contribution in [0.5, 0.6) is 11.5 Å². The molecule has 1 aromatic heterocycles. The van der Waals surface area contributed by atoms with Crippen molar-refractivity contribution in [1.82, 2.24) is 9.71 Å². The first-order valence-electron chi connectivity index (χ1n) is 7.39. The second kappa shape index (κ2) is 6.67. The van der Waals surface area contributed by atoms with E-state index in [9.17, 15) is 22.7 Å². The van der Waals surface area contributed by atoms with E-state index in [1.54, 1.807) is 16.9 Å². The number of pyridine rings is 1. The zero-order valence-corrected chi connectivity index (χ0v) is 14.4. The van der Waals surface area contributed by atoms with Crippen LogP contribution in [-0.4, -0.2) is 38.1 Å². The number of methoxy groups -OCH3 is 1. The lowest BCUT2D eigenvalue weighted by molar-refractivity contribution is -0.117. The number of phenols is 1. The van der Waals surface area contributed by atoms with Crippen molar-refractivity contribution in [3.8, 4) is 11.5 Å². The van der Waals surface area contributed by atoms with Gasteiger partial charge in [-0.1, -0.05) is 0 Å². The Labute approximate surface area is 148 Å². The molecule has 1 aliphatic rings. The summed E-state index contributed by atoms with van der Waals surface area (Å²) in [5, 5.41) is 13.0. The van der Waals surface area contributed by atoms with Crippen LogP contribution in [0.25, 0.3) is 0 Å². The average molecular weight is 382 g/mol. The Balaban J connectivity index is 1.80. The summed E-state index contributed by atoms with van der Waals surface area (Å²) in [4.78, 5) is 15.4. The van der Waals surface area contributed by atoms with E-state index in [2.05, 4.69) is 10.3 Å². The SMILES string of the molecule is COc1ccc(NCc2cc(O)c(N3CC(=O)NS3(=O)=O)c(F)c2)nc1. The van der Waals surface area contributed by atoms with E-state index in [0.717, 1.165) is 6.07 Å². The van der Waals surface area contributed by atoms with Crippen molar-refractivity contribution < 1.29 is 27.4 Å². The third kappa shape index (κ3) is 3.47. The highest BCUT2D eigenvalue weighted by Gasteiger charge is 2.37. The topological polar surface area (TPSA) is 121 Å². The number of phenolic OH excluding ortho intramolecular Hbond substituents is 1. The van der Waals surface area contributed by atoms with E-state index in [-0.39, 0.29) is 6.54 Å². The number of aromatic hydroxyl groups is 1. The van der Waals surface area contributed by atoms with Gasteiger partial charge in [-0.2, -0.15) is 8.42 Å². The Bertz CT molecular complexity index is 926. The van der Waals surface area contributed by atoms with Gasteiger partial charge in [0, 0.05) is 6.54 Å². The lowest BCUT2D eigenvalue weighted by Crippen LogP contribution is -2.30. The first-order chi connectivity index (χ1) is 12.3. The van der Waals surface area contributed by atoms with Crippen molar-refractivity contribution in [2.75, 3.05) is 23.3 Å². The van der Waals surface area contributed by atoms with Gasteiger partial charge in [-0.05, 0) is 29.8 Å². The molecule has 0 bridgehead atoms. The van der Waals surface area contributed by atoms with Crippen molar-refractivity contribution >= 4 is 27.6 Å². The van der Waals surface area contributed by atoms with Crippen molar-refractivity contribution in [2.45, 2.75) is 6.54 Å². The van der Waals surface area contributed by atoms with Crippen LogP contribution in [0.3, 0.4) is 0 Å². The summed E-state index contributed by atoms with van der Waals surface area (Å²) in [7, 11) is -2.70. The van der Waals surface area contributed by atoms with Gasteiger partial charge in [0.15, 0.2) is 5.82 Å². The standard InChI is InChI=1S/C15H15FN4O5S/c1-25-10-2-3-13(18-7-10)17-6-9-4-11(16)15(12(21)5-9)20-8-14(22)19-26(20,23)24/h2-5,7,21H,6,8H2,1H3,(H,17,18)(H,19,22). The molecule has 0 atom stereocenters. The number of amides is 1. The fraction of sp³-hybridized carbons (Fsp3) is 0.200. The van der Waals surface area contributed by atoms with Crippen LogP contribution in [0.1, 0.15) is 5.56 Å². The van der Waals surface area contributed by atoms with Crippen LogP contribution in [0.2, 0.25) is 0 Å². The lowest BCUT2D eigenvalue weighted by atomic mass is 10.1. The molecule has 1 aromatic carbocycles. The number of benzene rings is 1. The number of anilines is 2. The van der Waals surface area contributed by atoms with Crippen LogP contribution >= 0.6 is 0 Å². The molecule has 0 radical (unpaired) electrons.